The highest BCUT2D eigenvalue weighted by atomic mass is 15.2. The standard InChI is InChI=1S/C12H11N5.C4H10.C2H6/c1-3-10-7-17-8-11(13-5-12(17)15-10)9-4-14-16(2)6-9;1-3-4-2;1-2/h3-8H,1H2,2H3;3-4H2,1-2H3;1-2H3. The third-order valence-corrected chi connectivity index (χ3v) is 3.07. The van der Waals surface area contributed by atoms with Crippen LogP contribution in [0.2, 0.25) is 0 Å². The van der Waals surface area contributed by atoms with Crippen molar-refractivity contribution >= 4 is 11.7 Å². The average molecular weight is 313 g/mol. The Morgan fingerprint density at radius 3 is 2.30 bits per heavy atom. The summed E-state index contributed by atoms with van der Waals surface area (Å²) in [7, 11) is 1.88. The second kappa shape index (κ2) is 9.56. The van der Waals surface area contributed by atoms with Gasteiger partial charge in [0, 0.05) is 31.2 Å². The van der Waals surface area contributed by atoms with Crippen LogP contribution >= 0.6 is 0 Å². The number of aromatic nitrogens is 5. The van der Waals surface area contributed by atoms with Crippen molar-refractivity contribution in [2.24, 2.45) is 7.05 Å². The first kappa shape index (κ1) is 18.6. The fourth-order valence-corrected chi connectivity index (χ4v) is 1.72. The fourth-order valence-electron chi connectivity index (χ4n) is 1.72. The summed E-state index contributed by atoms with van der Waals surface area (Å²) in [5.74, 6) is 0. The number of nitrogens with zero attached hydrogens (tertiary/aromatic N) is 5. The van der Waals surface area contributed by atoms with E-state index in [0.29, 0.717) is 0 Å². The van der Waals surface area contributed by atoms with Crippen LogP contribution in [0.1, 0.15) is 46.2 Å². The first-order valence-electron chi connectivity index (χ1n) is 8.14. The Morgan fingerprint density at radius 2 is 1.78 bits per heavy atom. The fraction of sp³-hybridized carbons (Fsp3) is 0.389. The highest BCUT2D eigenvalue weighted by Crippen LogP contribution is 2.16. The zero-order chi connectivity index (χ0) is 17.2. The molecule has 0 unspecified atom stereocenters. The van der Waals surface area contributed by atoms with E-state index in [2.05, 4.69) is 35.5 Å². The van der Waals surface area contributed by atoms with E-state index in [4.69, 9.17) is 0 Å². The molecule has 124 valence electrons. The van der Waals surface area contributed by atoms with Crippen molar-refractivity contribution in [1.82, 2.24) is 24.1 Å². The topological polar surface area (TPSA) is 48.0 Å². The molecule has 0 radical (unpaired) electrons. The maximum absolute atomic E-state index is 4.37. The molecular formula is C18H27N5. The summed E-state index contributed by atoms with van der Waals surface area (Å²) in [6.07, 6.45) is 13.7. The summed E-state index contributed by atoms with van der Waals surface area (Å²) in [5.41, 5.74) is 3.52. The van der Waals surface area contributed by atoms with Gasteiger partial charge < -0.3 is 4.40 Å². The van der Waals surface area contributed by atoms with E-state index in [-0.39, 0.29) is 0 Å². The monoisotopic (exact) mass is 313 g/mol. The molecule has 0 bridgehead atoms. The molecule has 0 aliphatic heterocycles. The third-order valence-electron chi connectivity index (χ3n) is 3.07. The van der Waals surface area contributed by atoms with E-state index in [1.165, 1.54) is 12.8 Å². The lowest BCUT2D eigenvalue weighted by molar-refractivity contribution is 0.768. The van der Waals surface area contributed by atoms with Gasteiger partial charge in [-0.1, -0.05) is 47.1 Å². The van der Waals surface area contributed by atoms with Gasteiger partial charge in [-0.25, -0.2) is 4.98 Å². The van der Waals surface area contributed by atoms with Crippen molar-refractivity contribution in [3.05, 3.63) is 43.3 Å². The molecule has 0 saturated carbocycles. The van der Waals surface area contributed by atoms with E-state index in [1.54, 1.807) is 23.2 Å². The van der Waals surface area contributed by atoms with Crippen LogP contribution in [0.15, 0.2) is 37.6 Å². The quantitative estimate of drug-likeness (QED) is 0.709. The van der Waals surface area contributed by atoms with Crippen LogP contribution in [0.3, 0.4) is 0 Å². The van der Waals surface area contributed by atoms with Gasteiger partial charge in [-0.15, -0.1) is 0 Å². The minimum atomic E-state index is 0.813. The lowest BCUT2D eigenvalue weighted by Crippen LogP contribution is -1.89. The molecule has 3 aromatic heterocycles. The molecule has 0 aliphatic carbocycles. The molecular weight excluding hydrogens is 286 g/mol. The van der Waals surface area contributed by atoms with Crippen molar-refractivity contribution in [3.63, 3.8) is 0 Å². The van der Waals surface area contributed by atoms with Gasteiger partial charge in [-0.2, -0.15) is 5.10 Å². The second-order valence-electron chi connectivity index (χ2n) is 4.81. The first-order valence-corrected chi connectivity index (χ1v) is 8.14. The molecule has 23 heavy (non-hydrogen) atoms. The summed E-state index contributed by atoms with van der Waals surface area (Å²) < 4.78 is 3.69. The van der Waals surface area contributed by atoms with Gasteiger partial charge in [-0.05, 0) is 6.08 Å². The van der Waals surface area contributed by atoms with Crippen LogP contribution in [0.25, 0.3) is 23.0 Å². The summed E-state index contributed by atoms with van der Waals surface area (Å²) in [5, 5.41) is 4.13. The smallest absolute Gasteiger partial charge is 0.155 e. The Morgan fingerprint density at radius 1 is 1.09 bits per heavy atom. The zero-order valence-corrected chi connectivity index (χ0v) is 14.8. The summed E-state index contributed by atoms with van der Waals surface area (Å²) in [6.45, 7) is 12.1. The van der Waals surface area contributed by atoms with Gasteiger partial charge in [0.05, 0.1) is 23.8 Å². The molecule has 0 saturated heterocycles. The number of hydrogen-bond acceptors (Lipinski definition) is 3. The summed E-state index contributed by atoms with van der Waals surface area (Å²) >= 11 is 0. The molecule has 5 nitrogen and oxygen atoms in total. The normalized spacial score (nSPS) is 9.61. The molecule has 0 atom stereocenters. The lowest BCUT2D eigenvalue weighted by Gasteiger charge is -1.97. The van der Waals surface area contributed by atoms with Crippen LogP contribution in [-0.4, -0.2) is 24.1 Å². The summed E-state index contributed by atoms with van der Waals surface area (Å²) in [6, 6.07) is 0. The Hall–Kier alpha value is -2.43. The van der Waals surface area contributed by atoms with Crippen molar-refractivity contribution in [1.29, 1.82) is 0 Å². The highest BCUT2D eigenvalue weighted by Gasteiger charge is 2.04. The van der Waals surface area contributed by atoms with E-state index in [0.717, 1.165) is 22.6 Å². The van der Waals surface area contributed by atoms with Gasteiger partial charge in [0.2, 0.25) is 0 Å². The van der Waals surface area contributed by atoms with Gasteiger partial charge in [0.1, 0.15) is 0 Å². The zero-order valence-electron chi connectivity index (χ0n) is 14.8. The largest absolute Gasteiger partial charge is 0.303 e. The van der Waals surface area contributed by atoms with Crippen LogP contribution < -0.4 is 0 Å². The van der Waals surface area contributed by atoms with Crippen LogP contribution in [0, 0.1) is 0 Å². The molecule has 0 amide bonds. The van der Waals surface area contributed by atoms with Gasteiger partial charge >= 0.3 is 0 Å². The molecule has 0 N–H and O–H groups in total. The molecule has 0 aromatic carbocycles. The lowest BCUT2D eigenvalue weighted by atomic mass is 10.3. The number of fused-ring (bicyclic) bond motifs is 1. The first-order chi connectivity index (χ1) is 11.2. The average Bonchev–Trinajstić information content (AvgIpc) is 3.21. The number of unbranched alkanes of at least 4 members (excludes halogenated alkanes) is 1. The third kappa shape index (κ3) is 5.06. The van der Waals surface area contributed by atoms with E-state index < -0.39 is 0 Å². The molecule has 5 heteroatoms. The van der Waals surface area contributed by atoms with Crippen LogP contribution in [0.5, 0.6) is 0 Å². The van der Waals surface area contributed by atoms with E-state index in [1.807, 2.05) is 43.9 Å². The Bertz CT molecular complexity index is 722. The van der Waals surface area contributed by atoms with E-state index in [9.17, 15) is 0 Å². The van der Waals surface area contributed by atoms with Crippen LogP contribution in [-0.2, 0) is 7.05 Å². The molecule has 0 aliphatic rings. The van der Waals surface area contributed by atoms with Gasteiger partial charge in [0.25, 0.3) is 0 Å². The van der Waals surface area contributed by atoms with Gasteiger partial charge in [0.15, 0.2) is 5.65 Å². The van der Waals surface area contributed by atoms with Crippen molar-refractivity contribution in [2.75, 3.05) is 0 Å². The Labute approximate surface area is 138 Å². The van der Waals surface area contributed by atoms with Crippen LogP contribution in [0.4, 0.5) is 0 Å². The van der Waals surface area contributed by atoms with Crippen molar-refractivity contribution in [3.8, 4) is 11.3 Å². The molecule has 0 fully saturated rings. The van der Waals surface area contributed by atoms with E-state index >= 15 is 0 Å². The second-order valence-corrected chi connectivity index (χ2v) is 4.81. The van der Waals surface area contributed by atoms with Crippen molar-refractivity contribution < 1.29 is 0 Å². The number of imidazole rings is 1. The Balaban J connectivity index is 0.000000388. The predicted octanol–water partition coefficient (Wildman–Crippen LogP) is 4.61. The summed E-state index contributed by atoms with van der Waals surface area (Å²) in [4.78, 5) is 8.70. The molecule has 3 heterocycles. The number of rotatable bonds is 3. The maximum Gasteiger partial charge on any atom is 0.155 e. The van der Waals surface area contributed by atoms with Gasteiger partial charge in [-0.3, -0.25) is 9.67 Å². The molecule has 0 spiro atoms. The molecule has 3 aromatic rings. The number of aryl methyl sites for hydroxylation is 1. The van der Waals surface area contributed by atoms with Crippen molar-refractivity contribution in [2.45, 2.75) is 40.5 Å². The minimum Gasteiger partial charge on any atom is -0.303 e. The Kier molecular flexibility index (Phi) is 7.74. The number of hydrogen-bond donors (Lipinski definition) is 0. The maximum atomic E-state index is 4.37. The minimum absolute atomic E-state index is 0.813. The SMILES string of the molecule is C=Cc1cn2cc(-c3cnn(C)c3)ncc2n1.CC.CCCC. The highest BCUT2D eigenvalue weighted by molar-refractivity contribution is 5.58. The predicted molar refractivity (Wildman–Crippen MR) is 97.2 cm³/mol. The molecule has 3 rings (SSSR count).